The van der Waals surface area contributed by atoms with Crippen molar-refractivity contribution in [1.82, 2.24) is 10.2 Å². The van der Waals surface area contributed by atoms with E-state index in [4.69, 9.17) is 0 Å². The first-order chi connectivity index (χ1) is 8.79. The first-order valence-corrected chi connectivity index (χ1v) is 7.23. The lowest BCUT2D eigenvalue weighted by Gasteiger charge is -2.34. The highest BCUT2D eigenvalue weighted by molar-refractivity contribution is 5.14. The molecule has 0 radical (unpaired) electrons. The number of likely N-dealkylation sites (tertiary alicyclic amines) is 1. The minimum atomic E-state index is 0.668. The summed E-state index contributed by atoms with van der Waals surface area (Å²) in [4.78, 5) is 2.62. The Bertz CT molecular complexity index is 328. The third-order valence-electron chi connectivity index (χ3n) is 4.35. The van der Waals surface area contributed by atoms with Crippen LogP contribution >= 0.6 is 0 Å². The lowest BCUT2D eigenvalue weighted by atomic mass is 9.90. The molecule has 2 heteroatoms. The van der Waals surface area contributed by atoms with Crippen LogP contribution in [0, 0.1) is 5.92 Å². The third-order valence-corrected chi connectivity index (χ3v) is 4.35. The summed E-state index contributed by atoms with van der Waals surface area (Å²) in [7, 11) is 2.08. The topological polar surface area (TPSA) is 15.3 Å². The maximum Gasteiger partial charge on any atom is 0.00649 e. The Labute approximate surface area is 111 Å². The van der Waals surface area contributed by atoms with Crippen molar-refractivity contribution in [3.8, 4) is 0 Å². The SMILES string of the molecule is CNC(C)C1CCN(CCc2ccccc2)CC1. The number of hydrogen-bond donors (Lipinski definition) is 1. The number of rotatable bonds is 5. The second kappa shape index (κ2) is 6.91. The number of benzene rings is 1. The van der Waals surface area contributed by atoms with Gasteiger partial charge in [0.15, 0.2) is 0 Å². The van der Waals surface area contributed by atoms with Crippen molar-refractivity contribution in [1.29, 1.82) is 0 Å². The van der Waals surface area contributed by atoms with E-state index in [1.165, 1.54) is 44.5 Å². The maximum atomic E-state index is 3.39. The fourth-order valence-electron chi connectivity index (χ4n) is 2.84. The zero-order valence-electron chi connectivity index (χ0n) is 11.7. The lowest BCUT2D eigenvalue weighted by Crippen LogP contribution is -2.41. The summed E-state index contributed by atoms with van der Waals surface area (Å²) < 4.78 is 0. The Kier molecular flexibility index (Phi) is 5.21. The fraction of sp³-hybridized carbons (Fsp3) is 0.625. The molecule has 1 fully saturated rings. The van der Waals surface area contributed by atoms with Crippen LogP contribution in [0.1, 0.15) is 25.3 Å². The molecule has 0 amide bonds. The van der Waals surface area contributed by atoms with Crippen LogP contribution in [-0.4, -0.2) is 37.6 Å². The van der Waals surface area contributed by atoms with Crippen molar-refractivity contribution in [2.75, 3.05) is 26.7 Å². The third kappa shape index (κ3) is 3.82. The molecule has 2 nitrogen and oxygen atoms in total. The van der Waals surface area contributed by atoms with Gasteiger partial charge in [-0.3, -0.25) is 0 Å². The van der Waals surface area contributed by atoms with E-state index in [2.05, 4.69) is 54.5 Å². The van der Waals surface area contributed by atoms with Crippen LogP contribution in [0.4, 0.5) is 0 Å². The molecule has 0 spiro atoms. The van der Waals surface area contributed by atoms with Gasteiger partial charge in [0.1, 0.15) is 0 Å². The van der Waals surface area contributed by atoms with E-state index in [0.29, 0.717) is 6.04 Å². The molecule has 1 aromatic carbocycles. The zero-order valence-corrected chi connectivity index (χ0v) is 11.7. The predicted octanol–water partition coefficient (Wildman–Crippen LogP) is 2.55. The van der Waals surface area contributed by atoms with E-state index < -0.39 is 0 Å². The molecule has 1 unspecified atom stereocenters. The van der Waals surface area contributed by atoms with Gasteiger partial charge in [0, 0.05) is 12.6 Å². The number of hydrogen-bond acceptors (Lipinski definition) is 2. The average molecular weight is 246 g/mol. The Morgan fingerprint density at radius 3 is 2.50 bits per heavy atom. The van der Waals surface area contributed by atoms with Crippen molar-refractivity contribution in [3.05, 3.63) is 35.9 Å². The largest absolute Gasteiger partial charge is 0.317 e. The number of nitrogens with one attached hydrogen (secondary N) is 1. The Balaban J connectivity index is 1.71. The molecule has 1 aliphatic rings. The molecule has 1 N–H and O–H groups in total. The van der Waals surface area contributed by atoms with Crippen LogP contribution in [0.3, 0.4) is 0 Å². The average Bonchev–Trinajstić information content (AvgIpc) is 2.46. The van der Waals surface area contributed by atoms with Crippen LogP contribution < -0.4 is 5.32 Å². The van der Waals surface area contributed by atoms with Gasteiger partial charge in [-0.1, -0.05) is 30.3 Å². The molecule has 18 heavy (non-hydrogen) atoms. The van der Waals surface area contributed by atoms with Crippen LogP contribution in [0.15, 0.2) is 30.3 Å². The minimum Gasteiger partial charge on any atom is -0.317 e. The Morgan fingerprint density at radius 2 is 1.89 bits per heavy atom. The molecule has 0 bridgehead atoms. The zero-order chi connectivity index (χ0) is 12.8. The van der Waals surface area contributed by atoms with E-state index in [-0.39, 0.29) is 0 Å². The van der Waals surface area contributed by atoms with Gasteiger partial charge in [0.05, 0.1) is 0 Å². The molecule has 1 atom stereocenters. The van der Waals surface area contributed by atoms with E-state index >= 15 is 0 Å². The molecule has 0 saturated carbocycles. The molecule has 0 aromatic heterocycles. The number of piperidine rings is 1. The summed E-state index contributed by atoms with van der Waals surface area (Å²) in [6.45, 7) is 6.06. The van der Waals surface area contributed by atoms with Crippen molar-refractivity contribution >= 4 is 0 Å². The van der Waals surface area contributed by atoms with Crippen molar-refractivity contribution < 1.29 is 0 Å². The van der Waals surface area contributed by atoms with Crippen LogP contribution in [0.2, 0.25) is 0 Å². The highest BCUT2D eigenvalue weighted by atomic mass is 15.1. The smallest absolute Gasteiger partial charge is 0.00649 e. The van der Waals surface area contributed by atoms with Gasteiger partial charge in [-0.05, 0) is 57.8 Å². The van der Waals surface area contributed by atoms with E-state index in [1.807, 2.05) is 0 Å². The second-order valence-corrected chi connectivity index (χ2v) is 5.49. The quantitative estimate of drug-likeness (QED) is 0.859. The van der Waals surface area contributed by atoms with Crippen molar-refractivity contribution in [3.63, 3.8) is 0 Å². The molecule has 100 valence electrons. The molecule has 0 aliphatic carbocycles. The van der Waals surface area contributed by atoms with Gasteiger partial charge in [-0.25, -0.2) is 0 Å². The van der Waals surface area contributed by atoms with E-state index in [9.17, 15) is 0 Å². The van der Waals surface area contributed by atoms with Gasteiger partial charge >= 0.3 is 0 Å². The highest BCUT2D eigenvalue weighted by Crippen LogP contribution is 2.20. The standard InChI is InChI=1S/C16H26N2/c1-14(17-2)16-9-12-18(13-10-16)11-8-15-6-4-3-5-7-15/h3-7,14,16-17H,8-13H2,1-2H3. The maximum absolute atomic E-state index is 3.39. The second-order valence-electron chi connectivity index (χ2n) is 5.49. The summed E-state index contributed by atoms with van der Waals surface area (Å²) >= 11 is 0. The Hall–Kier alpha value is -0.860. The first kappa shape index (κ1) is 13.6. The van der Waals surface area contributed by atoms with Gasteiger partial charge in [-0.15, -0.1) is 0 Å². The summed E-state index contributed by atoms with van der Waals surface area (Å²) in [6, 6.07) is 11.5. The van der Waals surface area contributed by atoms with Gasteiger partial charge < -0.3 is 10.2 Å². The first-order valence-electron chi connectivity index (χ1n) is 7.23. The summed E-state index contributed by atoms with van der Waals surface area (Å²) in [6.07, 6.45) is 3.88. The molecule has 1 aromatic rings. The molecule has 1 heterocycles. The van der Waals surface area contributed by atoms with Crippen LogP contribution in [0.25, 0.3) is 0 Å². The fourth-order valence-corrected chi connectivity index (χ4v) is 2.84. The van der Waals surface area contributed by atoms with Gasteiger partial charge in [0.2, 0.25) is 0 Å². The van der Waals surface area contributed by atoms with E-state index in [1.54, 1.807) is 0 Å². The molecular weight excluding hydrogens is 220 g/mol. The minimum absolute atomic E-state index is 0.668. The Morgan fingerprint density at radius 1 is 1.22 bits per heavy atom. The summed E-state index contributed by atoms with van der Waals surface area (Å²) in [5.74, 6) is 0.864. The normalized spacial score (nSPS) is 19.9. The van der Waals surface area contributed by atoms with Crippen LogP contribution in [0.5, 0.6) is 0 Å². The molecule has 1 saturated heterocycles. The predicted molar refractivity (Wildman–Crippen MR) is 77.8 cm³/mol. The monoisotopic (exact) mass is 246 g/mol. The molecule has 1 aliphatic heterocycles. The van der Waals surface area contributed by atoms with Crippen molar-refractivity contribution in [2.45, 2.75) is 32.2 Å². The van der Waals surface area contributed by atoms with Gasteiger partial charge in [-0.2, -0.15) is 0 Å². The summed E-state index contributed by atoms with van der Waals surface area (Å²) in [5.41, 5.74) is 1.46. The summed E-state index contributed by atoms with van der Waals surface area (Å²) in [5, 5.41) is 3.39. The van der Waals surface area contributed by atoms with E-state index in [0.717, 1.165) is 5.92 Å². The lowest BCUT2D eigenvalue weighted by molar-refractivity contribution is 0.166. The van der Waals surface area contributed by atoms with Crippen molar-refractivity contribution in [2.24, 2.45) is 5.92 Å². The molecule has 2 rings (SSSR count). The molecular formula is C16H26N2. The van der Waals surface area contributed by atoms with Crippen LogP contribution in [-0.2, 0) is 6.42 Å². The number of nitrogens with zero attached hydrogens (tertiary/aromatic N) is 1. The van der Waals surface area contributed by atoms with Gasteiger partial charge in [0.25, 0.3) is 0 Å². The highest BCUT2D eigenvalue weighted by Gasteiger charge is 2.22.